The van der Waals surface area contributed by atoms with E-state index in [-0.39, 0.29) is 0 Å². The third kappa shape index (κ3) is 6.02. The van der Waals surface area contributed by atoms with Gasteiger partial charge in [-0.15, -0.1) is 0 Å². The Labute approximate surface area is 115 Å². The summed E-state index contributed by atoms with van der Waals surface area (Å²) < 4.78 is 5.99. The lowest BCUT2D eigenvalue weighted by molar-refractivity contribution is 0.0360. The molecule has 0 spiro atoms. The molecule has 1 aromatic rings. The van der Waals surface area contributed by atoms with E-state index in [4.69, 9.17) is 4.74 Å². The highest BCUT2D eigenvalue weighted by Crippen LogP contribution is 2.13. The van der Waals surface area contributed by atoms with Gasteiger partial charge in [-0.1, -0.05) is 28.1 Å². The van der Waals surface area contributed by atoms with Gasteiger partial charge in [-0.05, 0) is 38.5 Å². The maximum absolute atomic E-state index is 11.4. The predicted molar refractivity (Wildman–Crippen MR) is 73.2 cm³/mol. The van der Waals surface area contributed by atoms with Crippen molar-refractivity contribution < 1.29 is 14.6 Å². The largest absolute Gasteiger partial charge is 0.444 e. The zero-order valence-electron chi connectivity index (χ0n) is 10.7. The number of hydrogen-bond acceptors (Lipinski definition) is 3. The number of amides is 1. The number of hydrogen-bond donors (Lipinski definition) is 2. The summed E-state index contributed by atoms with van der Waals surface area (Å²) in [6.07, 6.45) is -1.25. The van der Waals surface area contributed by atoms with E-state index in [1.807, 2.05) is 24.3 Å². The highest BCUT2D eigenvalue weighted by molar-refractivity contribution is 9.10. The van der Waals surface area contributed by atoms with Crippen LogP contribution in [0.2, 0.25) is 0 Å². The average molecular weight is 316 g/mol. The number of alkyl carbamates (subject to hydrolysis) is 1. The second-order valence-corrected chi connectivity index (χ2v) is 5.91. The molecule has 18 heavy (non-hydrogen) atoms. The Morgan fingerprint density at radius 1 is 1.50 bits per heavy atom. The van der Waals surface area contributed by atoms with Gasteiger partial charge in [0.15, 0.2) is 0 Å². The molecule has 5 heteroatoms. The lowest BCUT2D eigenvalue weighted by Gasteiger charge is -2.21. The van der Waals surface area contributed by atoms with Crippen molar-refractivity contribution in [3.05, 3.63) is 34.3 Å². The van der Waals surface area contributed by atoms with E-state index < -0.39 is 17.9 Å². The van der Waals surface area contributed by atoms with Crippen molar-refractivity contribution in [3.8, 4) is 0 Å². The number of aliphatic hydroxyl groups is 1. The van der Waals surface area contributed by atoms with Gasteiger partial charge < -0.3 is 9.84 Å². The van der Waals surface area contributed by atoms with Crippen molar-refractivity contribution in [3.63, 3.8) is 0 Å². The first-order valence-corrected chi connectivity index (χ1v) is 6.47. The summed E-state index contributed by atoms with van der Waals surface area (Å²) >= 11 is 3.35. The van der Waals surface area contributed by atoms with E-state index in [0.717, 1.165) is 10.0 Å². The molecule has 0 saturated heterocycles. The number of benzene rings is 1. The molecule has 2 N–H and O–H groups in total. The number of carbonyl (C=O) groups excluding carboxylic acids is 1. The molecule has 0 aromatic heterocycles. The number of carbonyl (C=O) groups is 1. The first-order valence-electron chi connectivity index (χ1n) is 5.68. The lowest BCUT2D eigenvalue weighted by Crippen LogP contribution is -2.40. The highest BCUT2D eigenvalue weighted by atomic mass is 79.9. The lowest BCUT2D eigenvalue weighted by atomic mass is 10.1. The summed E-state index contributed by atoms with van der Waals surface area (Å²) in [5, 5.41) is 12.1. The van der Waals surface area contributed by atoms with Crippen molar-refractivity contribution in [2.45, 2.75) is 39.0 Å². The Balaban J connectivity index is 2.47. The Morgan fingerprint density at radius 2 is 2.17 bits per heavy atom. The maximum Gasteiger partial charge on any atom is 0.409 e. The van der Waals surface area contributed by atoms with Crippen molar-refractivity contribution in [2.24, 2.45) is 0 Å². The summed E-state index contributed by atoms with van der Waals surface area (Å²) in [6, 6.07) is 7.54. The van der Waals surface area contributed by atoms with E-state index in [1.54, 1.807) is 20.8 Å². The Hall–Kier alpha value is -1.07. The number of ether oxygens (including phenoxy) is 1. The van der Waals surface area contributed by atoms with Gasteiger partial charge >= 0.3 is 6.09 Å². The van der Waals surface area contributed by atoms with E-state index in [9.17, 15) is 9.90 Å². The zero-order valence-corrected chi connectivity index (χ0v) is 12.3. The van der Waals surface area contributed by atoms with Crippen LogP contribution < -0.4 is 5.32 Å². The standard InChI is InChI=1S/C13H18BrNO3/c1-13(2,3)18-12(17)15-11(16)8-9-5-4-6-10(14)7-9/h4-7,11,16H,8H2,1-3H3,(H,15,17). The Kier molecular flexibility index (Phi) is 5.16. The first-order chi connectivity index (χ1) is 8.26. The topological polar surface area (TPSA) is 58.6 Å². The SMILES string of the molecule is CC(C)(C)OC(=O)NC(O)Cc1cccc(Br)c1. The monoisotopic (exact) mass is 315 g/mol. The van der Waals surface area contributed by atoms with E-state index in [0.29, 0.717) is 6.42 Å². The minimum absolute atomic E-state index is 0.332. The molecule has 1 amide bonds. The Morgan fingerprint density at radius 3 is 2.72 bits per heavy atom. The third-order valence-corrected chi connectivity index (χ3v) is 2.49. The zero-order chi connectivity index (χ0) is 13.8. The van der Waals surface area contributed by atoms with Crippen molar-refractivity contribution in [1.29, 1.82) is 0 Å². The fourth-order valence-electron chi connectivity index (χ4n) is 1.38. The van der Waals surface area contributed by atoms with Gasteiger partial charge in [-0.2, -0.15) is 0 Å². The molecule has 0 radical (unpaired) electrons. The van der Waals surface area contributed by atoms with Crippen LogP contribution in [0.3, 0.4) is 0 Å². The minimum Gasteiger partial charge on any atom is -0.444 e. The Bertz CT molecular complexity index is 415. The van der Waals surface area contributed by atoms with Gasteiger partial charge in [0.05, 0.1) is 0 Å². The molecule has 0 aliphatic rings. The maximum atomic E-state index is 11.4. The molecule has 0 fully saturated rings. The van der Waals surface area contributed by atoms with Gasteiger partial charge in [0.1, 0.15) is 11.8 Å². The molecule has 0 heterocycles. The molecule has 4 nitrogen and oxygen atoms in total. The molecular weight excluding hydrogens is 298 g/mol. The molecule has 0 saturated carbocycles. The van der Waals surface area contributed by atoms with Gasteiger partial charge in [0.25, 0.3) is 0 Å². The van der Waals surface area contributed by atoms with E-state index in [1.165, 1.54) is 0 Å². The molecule has 100 valence electrons. The fraction of sp³-hybridized carbons (Fsp3) is 0.462. The van der Waals surface area contributed by atoms with Crippen LogP contribution in [0.25, 0.3) is 0 Å². The molecule has 0 bridgehead atoms. The molecule has 1 rings (SSSR count). The van der Waals surface area contributed by atoms with Gasteiger partial charge in [-0.3, -0.25) is 5.32 Å². The molecule has 1 aromatic carbocycles. The van der Waals surface area contributed by atoms with E-state index >= 15 is 0 Å². The van der Waals surface area contributed by atoms with Gasteiger partial charge in [-0.25, -0.2) is 4.79 Å². The predicted octanol–water partition coefficient (Wildman–Crippen LogP) is 2.83. The molecule has 1 unspecified atom stereocenters. The van der Waals surface area contributed by atoms with Gasteiger partial charge in [0.2, 0.25) is 0 Å². The normalized spacial score (nSPS) is 12.9. The first kappa shape index (κ1) is 15.0. The average Bonchev–Trinajstić information content (AvgIpc) is 2.13. The summed E-state index contributed by atoms with van der Waals surface area (Å²) in [4.78, 5) is 11.4. The molecular formula is C13H18BrNO3. The van der Waals surface area contributed by atoms with Crippen LogP contribution in [-0.4, -0.2) is 23.0 Å². The highest BCUT2D eigenvalue weighted by Gasteiger charge is 2.18. The van der Waals surface area contributed by atoms with Gasteiger partial charge in [0, 0.05) is 10.9 Å². The molecule has 0 aliphatic carbocycles. The minimum atomic E-state index is -0.964. The van der Waals surface area contributed by atoms with Crippen LogP contribution in [0.5, 0.6) is 0 Å². The van der Waals surface area contributed by atoms with Crippen molar-refractivity contribution >= 4 is 22.0 Å². The van der Waals surface area contributed by atoms with Crippen molar-refractivity contribution in [2.75, 3.05) is 0 Å². The van der Waals surface area contributed by atoms with Crippen molar-refractivity contribution in [1.82, 2.24) is 5.32 Å². The second kappa shape index (κ2) is 6.20. The van der Waals surface area contributed by atoms with Crippen LogP contribution in [0.15, 0.2) is 28.7 Å². The number of halogens is 1. The smallest absolute Gasteiger partial charge is 0.409 e. The number of rotatable bonds is 3. The fourth-order valence-corrected chi connectivity index (χ4v) is 1.83. The van der Waals surface area contributed by atoms with Crippen LogP contribution >= 0.6 is 15.9 Å². The molecule has 0 aliphatic heterocycles. The van der Waals surface area contributed by atoms with Crippen LogP contribution in [0, 0.1) is 0 Å². The van der Waals surface area contributed by atoms with Crippen LogP contribution in [0.4, 0.5) is 4.79 Å². The van der Waals surface area contributed by atoms with E-state index in [2.05, 4.69) is 21.2 Å². The van der Waals surface area contributed by atoms with Crippen LogP contribution in [-0.2, 0) is 11.2 Å². The summed E-state index contributed by atoms with van der Waals surface area (Å²) in [5.41, 5.74) is 0.354. The number of aliphatic hydroxyl groups excluding tert-OH is 1. The summed E-state index contributed by atoms with van der Waals surface area (Å²) in [6.45, 7) is 5.31. The second-order valence-electron chi connectivity index (χ2n) is 5.00. The quantitative estimate of drug-likeness (QED) is 0.843. The van der Waals surface area contributed by atoms with Crippen LogP contribution in [0.1, 0.15) is 26.3 Å². The summed E-state index contributed by atoms with van der Waals surface area (Å²) in [5.74, 6) is 0. The number of nitrogens with one attached hydrogen (secondary N) is 1. The molecule has 1 atom stereocenters. The summed E-state index contributed by atoms with van der Waals surface area (Å²) in [7, 11) is 0. The third-order valence-electron chi connectivity index (χ3n) is 2.00.